The van der Waals surface area contributed by atoms with Gasteiger partial charge in [0, 0.05) is 12.0 Å². The van der Waals surface area contributed by atoms with Crippen LogP contribution in [0.15, 0.2) is 11.6 Å². The van der Waals surface area contributed by atoms with Gasteiger partial charge in [-0.2, -0.15) is 0 Å². The second-order valence-corrected chi connectivity index (χ2v) is 3.53. The van der Waals surface area contributed by atoms with Crippen LogP contribution >= 0.6 is 0 Å². The molecule has 0 bridgehead atoms. The van der Waals surface area contributed by atoms with Gasteiger partial charge in [-0.15, -0.1) is 0 Å². The fourth-order valence-corrected chi connectivity index (χ4v) is 1.40. The maximum absolute atomic E-state index is 10.5. The largest absolute Gasteiger partial charge is 0.478 e. The minimum Gasteiger partial charge on any atom is -0.478 e. The van der Waals surface area contributed by atoms with Crippen molar-refractivity contribution in [1.82, 2.24) is 0 Å². The zero-order chi connectivity index (χ0) is 9.90. The zero-order valence-corrected chi connectivity index (χ0v) is 8.17. The average Bonchev–Trinajstić information content (AvgIpc) is 2.02. The Kier molecular flexibility index (Phi) is 3.09. The first-order chi connectivity index (χ1) is 6.09. The van der Waals surface area contributed by atoms with Gasteiger partial charge in [0.05, 0.1) is 12.2 Å². The summed E-state index contributed by atoms with van der Waals surface area (Å²) in [6.45, 7) is 4.50. The molecular formula is C10H16O3. The van der Waals surface area contributed by atoms with Crippen LogP contribution < -0.4 is 0 Å². The van der Waals surface area contributed by atoms with Gasteiger partial charge in [0.15, 0.2) is 0 Å². The molecule has 0 saturated carbocycles. The number of rotatable bonds is 4. The number of carboxylic acids is 1. The molecule has 1 heterocycles. The maximum Gasteiger partial charge on any atom is 0.330 e. The minimum atomic E-state index is -0.842. The van der Waals surface area contributed by atoms with Crippen molar-refractivity contribution in [2.75, 3.05) is 6.61 Å². The molecule has 74 valence electrons. The standard InChI is InChI=1S/C10H16O3/c1-3-10(6-7-13-10)5-4-8(2)9(11)12/h4H,3,5-7H2,1-2H3,(H,11,12). The van der Waals surface area contributed by atoms with Crippen molar-refractivity contribution in [3.8, 4) is 0 Å². The van der Waals surface area contributed by atoms with Crippen molar-refractivity contribution in [2.45, 2.75) is 38.7 Å². The van der Waals surface area contributed by atoms with E-state index in [-0.39, 0.29) is 5.60 Å². The highest BCUT2D eigenvalue weighted by Gasteiger charge is 2.35. The van der Waals surface area contributed by atoms with E-state index in [2.05, 4.69) is 6.92 Å². The molecule has 0 radical (unpaired) electrons. The number of carbonyl (C=O) groups is 1. The van der Waals surface area contributed by atoms with E-state index in [1.807, 2.05) is 0 Å². The van der Waals surface area contributed by atoms with E-state index in [9.17, 15) is 4.79 Å². The summed E-state index contributed by atoms with van der Waals surface area (Å²) in [5, 5.41) is 8.63. The second kappa shape index (κ2) is 3.92. The Morgan fingerprint density at radius 2 is 2.31 bits per heavy atom. The Hall–Kier alpha value is -0.830. The highest BCUT2D eigenvalue weighted by molar-refractivity contribution is 5.85. The van der Waals surface area contributed by atoms with Crippen LogP contribution in [0.1, 0.15) is 33.1 Å². The van der Waals surface area contributed by atoms with E-state index < -0.39 is 5.97 Å². The van der Waals surface area contributed by atoms with Gasteiger partial charge in [0.1, 0.15) is 0 Å². The van der Waals surface area contributed by atoms with Crippen LogP contribution in [0.2, 0.25) is 0 Å². The van der Waals surface area contributed by atoms with E-state index in [1.165, 1.54) is 0 Å². The molecular weight excluding hydrogens is 168 g/mol. The van der Waals surface area contributed by atoms with E-state index >= 15 is 0 Å². The lowest BCUT2D eigenvalue weighted by atomic mass is 9.87. The molecule has 1 rings (SSSR count). The first-order valence-electron chi connectivity index (χ1n) is 4.64. The fraction of sp³-hybridized carbons (Fsp3) is 0.700. The molecule has 1 atom stereocenters. The number of hydrogen-bond donors (Lipinski definition) is 1. The molecule has 3 heteroatoms. The first kappa shape index (κ1) is 10.3. The number of aliphatic carboxylic acids is 1. The lowest BCUT2D eigenvalue weighted by Gasteiger charge is -2.40. The third-order valence-corrected chi connectivity index (χ3v) is 2.73. The average molecular weight is 184 g/mol. The molecule has 1 aliphatic rings. The minimum absolute atomic E-state index is 0.0588. The molecule has 1 N–H and O–H groups in total. The summed E-state index contributed by atoms with van der Waals surface area (Å²) in [6.07, 6.45) is 4.48. The molecule has 1 unspecified atom stereocenters. The maximum atomic E-state index is 10.5. The molecule has 0 aromatic carbocycles. The van der Waals surface area contributed by atoms with Gasteiger partial charge in [-0.3, -0.25) is 0 Å². The highest BCUT2D eigenvalue weighted by atomic mass is 16.5. The summed E-state index contributed by atoms with van der Waals surface area (Å²) in [5.41, 5.74) is 0.347. The lowest BCUT2D eigenvalue weighted by molar-refractivity contribution is -0.146. The van der Waals surface area contributed by atoms with Crippen LogP contribution in [-0.2, 0) is 9.53 Å². The molecule has 3 nitrogen and oxygen atoms in total. The summed E-state index contributed by atoms with van der Waals surface area (Å²) in [5.74, 6) is -0.842. The Labute approximate surface area is 78.4 Å². The molecule has 13 heavy (non-hydrogen) atoms. The van der Waals surface area contributed by atoms with Crippen LogP contribution in [0.25, 0.3) is 0 Å². The van der Waals surface area contributed by atoms with Crippen molar-refractivity contribution < 1.29 is 14.6 Å². The number of carboxylic acid groups (broad SMARTS) is 1. The first-order valence-corrected chi connectivity index (χ1v) is 4.64. The summed E-state index contributed by atoms with van der Waals surface area (Å²) >= 11 is 0. The number of hydrogen-bond acceptors (Lipinski definition) is 2. The van der Waals surface area contributed by atoms with Gasteiger partial charge in [-0.1, -0.05) is 13.0 Å². The smallest absolute Gasteiger partial charge is 0.330 e. The van der Waals surface area contributed by atoms with Gasteiger partial charge < -0.3 is 9.84 Å². The van der Waals surface area contributed by atoms with Crippen molar-refractivity contribution in [3.05, 3.63) is 11.6 Å². The Balaban J connectivity index is 2.48. The molecule has 1 saturated heterocycles. The van der Waals surface area contributed by atoms with Crippen LogP contribution in [0.5, 0.6) is 0 Å². The van der Waals surface area contributed by atoms with Gasteiger partial charge in [0.25, 0.3) is 0 Å². The highest BCUT2D eigenvalue weighted by Crippen LogP contribution is 2.33. The fourth-order valence-electron chi connectivity index (χ4n) is 1.40. The molecule has 0 spiro atoms. The number of ether oxygens (including phenoxy) is 1. The van der Waals surface area contributed by atoms with Crippen molar-refractivity contribution in [2.24, 2.45) is 0 Å². The monoisotopic (exact) mass is 184 g/mol. The quantitative estimate of drug-likeness (QED) is 0.679. The second-order valence-electron chi connectivity index (χ2n) is 3.53. The van der Waals surface area contributed by atoms with Gasteiger partial charge in [-0.25, -0.2) is 4.79 Å². The van der Waals surface area contributed by atoms with Crippen LogP contribution in [0, 0.1) is 0 Å². The summed E-state index contributed by atoms with van der Waals surface area (Å²) in [6, 6.07) is 0. The van der Waals surface area contributed by atoms with E-state index in [4.69, 9.17) is 9.84 Å². The lowest BCUT2D eigenvalue weighted by Crippen LogP contribution is -2.42. The Morgan fingerprint density at radius 3 is 2.62 bits per heavy atom. The Bertz CT molecular complexity index is 221. The van der Waals surface area contributed by atoms with Gasteiger partial charge in [0.2, 0.25) is 0 Å². The summed E-state index contributed by atoms with van der Waals surface area (Å²) < 4.78 is 5.46. The predicted molar refractivity (Wildman–Crippen MR) is 49.6 cm³/mol. The zero-order valence-electron chi connectivity index (χ0n) is 8.17. The van der Waals surface area contributed by atoms with Gasteiger partial charge in [-0.05, 0) is 19.8 Å². The molecule has 1 fully saturated rings. The van der Waals surface area contributed by atoms with E-state index in [0.717, 1.165) is 25.9 Å². The third kappa shape index (κ3) is 2.31. The molecule has 0 aliphatic carbocycles. The third-order valence-electron chi connectivity index (χ3n) is 2.73. The Morgan fingerprint density at radius 1 is 1.69 bits per heavy atom. The molecule has 1 aliphatic heterocycles. The van der Waals surface area contributed by atoms with Crippen LogP contribution in [0.4, 0.5) is 0 Å². The van der Waals surface area contributed by atoms with Crippen molar-refractivity contribution in [3.63, 3.8) is 0 Å². The SMILES string of the molecule is CCC1(CC=C(C)C(=O)O)CCO1. The molecule has 0 aromatic heterocycles. The summed E-state index contributed by atoms with van der Waals surface area (Å²) in [7, 11) is 0. The van der Waals surface area contributed by atoms with Crippen molar-refractivity contribution in [1.29, 1.82) is 0 Å². The van der Waals surface area contributed by atoms with Crippen LogP contribution in [0.3, 0.4) is 0 Å². The van der Waals surface area contributed by atoms with E-state index in [1.54, 1.807) is 13.0 Å². The molecule has 0 aromatic rings. The predicted octanol–water partition coefficient (Wildman–Crippen LogP) is 1.98. The normalized spacial score (nSPS) is 28.3. The topological polar surface area (TPSA) is 46.5 Å². The molecule has 0 amide bonds. The van der Waals surface area contributed by atoms with Gasteiger partial charge >= 0.3 is 5.97 Å². The van der Waals surface area contributed by atoms with Crippen LogP contribution in [-0.4, -0.2) is 23.3 Å². The summed E-state index contributed by atoms with van der Waals surface area (Å²) in [4.78, 5) is 10.5. The van der Waals surface area contributed by atoms with E-state index in [0.29, 0.717) is 5.57 Å². The van der Waals surface area contributed by atoms with Crippen molar-refractivity contribution >= 4 is 5.97 Å².